The summed E-state index contributed by atoms with van der Waals surface area (Å²) in [6, 6.07) is 7.90. The first-order valence-corrected chi connectivity index (χ1v) is 3.49. The highest BCUT2D eigenvalue weighted by atomic mass is 16.1. The molecule has 1 aromatic carbocycles. The van der Waals surface area contributed by atoms with Gasteiger partial charge in [0.2, 0.25) is 6.41 Å². The number of hydrogen-bond donors (Lipinski definition) is 0. The average molecular weight is 148 g/mol. The fraction of sp³-hybridized carbons (Fsp3) is 0.222. The van der Waals surface area contributed by atoms with Gasteiger partial charge in [-0.25, -0.2) is 5.32 Å². The number of carbonyl (C=O) groups excluding carboxylic acids is 1. The zero-order chi connectivity index (χ0) is 8.10. The first kappa shape index (κ1) is 7.79. The van der Waals surface area contributed by atoms with E-state index in [1.54, 1.807) is 0 Å². The zero-order valence-corrected chi connectivity index (χ0v) is 6.45. The fourth-order valence-corrected chi connectivity index (χ4v) is 0.923. The molecule has 0 aliphatic rings. The molecule has 1 radical (unpaired) electrons. The van der Waals surface area contributed by atoms with Gasteiger partial charge in [0.25, 0.3) is 0 Å². The summed E-state index contributed by atoms with van der Waals surface area (Å²) in [6.07, 6.45) is 0.590. The Hall–Kier alpha value is -1.31. The van der Waals surface area contributed by atoms with Crippen LogP contribution in [0.5, 0.6) is 0 Å². The SMILES string of the molecule is Cc1ccccc1C[N]C=O. The molecular formula is C9H10NO. The lowest BCUT2D eigenvalue weighted by atomic mass is 10.1. The van der Waals surface area contributed by atoms with Crippen molar-refractivity contribution >= 4 is 6.41 Å². The van der Waals surface area contributed by atoms with E-state index in [2.05, 4.69) is 5.32 Å². The van der Waals surface area contributed by atoms with E-state index < -0.39 is 0 Å². The van der Waals surface area contributed by atoms with Crippen molar-refractivity contribution in [3.05, 3.63) is 35.4 Å². The maximum absolute atomic E-state index is 9.92. The molecule has 0 aliphatic heterocycles. The van der Waals surface area contributed by atoms with Crippen LogP contribution in [0.2, 0.25) is 0 Å². The number of rotatable bonds is 3. The Bertz CT molecular complexity index is 245. The van der Waals surface area contributed by atoms with Gasteiger partial charge in [0.1, 0.15) is 0 Å². The van der Waals surface area contributed by atoms with Crippen LogP contribution in [0.25, 0.3) is 0 Å². The molecule has 2 heteroatoms. The van der Waals surface area contributed by atoms with Gasteiger partial charge in [-0.2, -0.15) is 0 Å². The lowest BCUT2D eigenvalue weighted by Gasteiger charge is -2.00. The Morgan fingerprint density at radius 1 is 1.45 bits per heavy atom. The number of hydrogen-bond acceptors (Lipinski definition) is 1. The van der Waals surface area contributed by atoms with Gasteiger partial charge in [0, 0.05) is 0 Å². The van der Waals surface area contributed by atoms with Crippen molar-refractivity contribution in [3.8, 4) is 0 Å². The van der Waals surface area contributed by atoms with Crippen LogP contribution in [0.3, 0.4) is 0 Å². The first-order chi connectivity index (χ1) is 5.34. The topological polar surface area (TPSA) is 31.2 Å². The van der Waals surface area contributed by atoms with Gasteiger partial charge in [-0.15, -0.1) is 0 Å². The van der Waals surface area contributed by atoms with Gasteiger partial charge in [-0.1, -0.05) is 24.3 Å². The van der Waals surface area contributed by atoms with E-state index in [1.807, 2.05) is 31.2 Å². The summed E-state index contributed by atoms with van der Waals surface area (Å²) in [4.78, 5) is 9.92. The number of benzene rings is 1. The minimum Gasteiger partial charge on any atom is -0.277 e. The van der Waals surface area contributed by atoms with Crippen molar-refractivity contribution in [2.45, 2.75) is 13.5 Å². The number of carbonyl (C=O) groups is 1. The second kappa shape index (κ2) is 3.76. The van der Waals surface area contributed by atoms with Crippen LogP contribution in [0, 0.1) is 6.92 Å². The molecule has 0 saturated carbocycles. The highest BCUT2D eigenvalue weighted by Crippen LogP contribution is 2.05. The van der Waals surface area contributed by atoms with Crippen molar-refractivity contribution in [3.63, 3.8) is 0 Å². The summed E-state index contributed by atoms with van der Waals surface area (Å²) in [5.74, 6) is 0. The molecule has 0 fully saturated rings. The monoisotopic (exact) mass is 148 g/mol. The summed E-state index contributed by atoms with van der Waals surface area (Å²) < 4.78 is 0. The van der Waals surface area contributed by atoms with Gasteiger partial charge >= 0.3 is 0 Å². The minimum atomic E-state index is 0.496. The van der Waals surface area contributed by atoms with E-state index >= 15 is 0 Å². The van der Waals surface area contributed by atoms with Crippen LogP contribution >= 0.6 is 0 Å². The highest BCUT2D eigenvalue weighted by Gasteiger charge is 1.94. The average Bonchev–Trinajstić information content (AvgIpc) is 2.03. The standard InChI is InChI=1S/C9H10NO/c1-8-4-2-3-5-9(8)6-10-7-11/h2-5,7H,6H2,1H3. The predicted molar refractivity (Wildman–Crippen MR) is 43.1 cm³/mol. The summed E-state index contributed by atoms with van der Waals surface area (Å²) >= 11 is 0. The Morgan fingerprint density at radius 2 is 2.18 bits per heavy atom. The Labute approximate surface area is 66.2 Å². The lowest BCUT2D eigenvalue weighted by Crippen LogP contribution is -2.02. The first-order valence-electron chi connectivity index (χ1n) is 3.49. The van der Waals surface area contributed by atoms with Crippen LogP contribution < -0.4 is 5.32 Å². The molecule has 0 heterocycles. The Morgan fingerprint density at radius 3 is 2.82 bits per heavy atom. The smallest absolute Gasteiger partial charge is 0.228 e. The second-order valence-corrected chi connectivity index (χ2v) is 2.37. The van der Waals surface area contributed by atoms with Gasteiger partial charge in [0.05, 0.1) is 6.54 Å². The molecule has 11 heavy (non-hydrogen) atoms. The van der Waals surface area contributed by atoms with Gasteiger partial charge in [-0.05, 0) is 18.1 Å². The molecule has 0 unspecified atom stereocenters. The predicted octanol–water partition coefficient (Wildman–Crippen LogP) is 1.26. The molecule has 1 rings (SSSR count). The van der Waals surface area contributed by atoms with E-state index in [-0.39, 0.29) is 0 Å². The summed E-state index contributed by atoms with van der Waals surface area (Å²) in [7, 11) is 0. The Kier molecular flexibility index (Phi) is 2.66. The number of amides is 1. The molecule has 2 nitrogen and oxygen atoms in total. The minimum absolute atomic E-state index is 0.496. The van der Waals surface area contributed by atoms with Crippen LogP contribution in [0.15, 0.2) is 24.3 Å². The lowest BCUT2D eigenvalue weighted by molar-refractivity contribution is -0.109. The third kappa shape index (κ3) is 2.08. The molecule has 0 saturated heterocycles. The molecule has 57 valence electrons. The molecule has 0 aliphatic carbocycles. The van der Waals surface area contributed by atoms with Crippen LogP contribution in [-0.2, 0) is 11.3 Å². The molecule has 1 aromatic rings. The van der Waals surface area contributed by atoms with Gasteiger partial charge in [-0.3, -0.25) is 4.79 Å². The summed E-state index contributed by atoms with van der Waals surface area (Å²) in [5, 5.41) is 3.62. The van der Waals surface area contributed by atoms with Crippen molar-refractivity contribution < 1.29 is 4.79 Å². The van der Waals surface area contributed by atoms with E-state index in [0.717, 1.165) is 5.56 Å². The van der Waals surface area contributed by atoms with E-state index in [4.69, 9.17) is 0 Å². The normalized spacial score (nSPS) is 9.18. The number of nitrogens with zero attached hydrogens (tertiary/aromatic N) is 1. The molecule has 0 spiro atoms. The maximum atomic E-state index is 9.92. The molecular weight excluding hydrogens is 138 g/mol. The Balaban J connectivity index is 2.69. The molecule has 0 aromatic heterocycles. The molecule has 0 bridgehead atoms. The molecule has 0 N–H and O–H groups in total. The van der Waals surface area contributed by atoms with Crippen LogP contribution in [0.4, 0.5) is 0 Å². The second-order valence-electron chi connectivity index (χ2n) is 2.37. The summed E-state index contributed by atoms with van der Waals surface area (Å²) in [6.45, 7) is 2.51. The van der Waals surface area contributed by atoms with Gasteiger partial charge in [0.15, 0.2) is 0 Å². The fourth-order valence-electron chi connectivity index (χ4n) is 0.923. The van der Waals surface area contributed by atoms with E-state index in [1.165, 1.54) is 5.56 Å². The third-order valence-electron chi connectivity index (χ3n) is 1.60. The quantitative estimate of drug-likeness (QED) is 0.593. The number of aryl methyl sites for hydroxylation is 1. The van der Waals surface area contributed by atoms with Crippen molar-refractivity contribution in [1.29, 1.82) is 0 Å². The van der Waals surface area contributed by atoms with E-state index in [9.17, 15) is 4.79 Å². The van der Waals surface area contributed by atoms with Crippen LogP contribution in [-0.4, -0.2) is 6.41 Å². The highest BCUT2D eigenvalue weighted by molar-refractivity contribution is 5.46. The summed E-state index contributed by atoms with van der Waals surface area (Å²) in [5.41, 5.74) is 2.29. The maximum Gasteiger partial charge on any atom is 0.228 e. The molecule has 1 amide bonds. The largest absolute Gasteiger partial charge is 0.277 e. The third-order valence-corrected chi connectivity index (χ3v) is 1.60. The van der Waals surface area contributed by atoms with Gasteiger partial charge < -0.3 is 0 Å². The van der Waals surface area contributed by atoms with Crippen molar-refractivity contribution in [1.82, 2.24) is 5.32 Å². The van der Waals surface area contributed by atoms with Crippen molar-refractivity contribution in [2.75, 3.05) is 0 Å². The van der Waals surface area contributed by atoms with Crippen molar-refractivity contribution in [2.24, 2.45) is 0 Å². The zero-order valence-electron chi connectivity index (χ0n) is 6.45. The van der Waals surface area contributed by atoms with E-state index in [0.29, 0.717) is 13.0 Å². The van der Waals surface area contributed by atoms with Crippen LogP contribution in [0.1, 0.15) is 11.1 Å². The molecule has 0 atom stereocenters.